The van der Waals surface area contributed by atoms with E-state index in [1.54, 1.807) is 0 Å². The SMILES string of the molecule is CC(C)(C)CN(CCCO)S(=O)(=O)c1ccc(Cl)cc1C#N. The molecule has 0 bridgehead atoms. The van der Waals surface area contributed by atoms with Crippen molar-refractivity contribution in [3.05, 3.63) is 28.8 Å². The van der Waals surface area contributed by atoms with E-state index >= 15 is 0 Å². The summed E-state index contributed by atoms with van der Waals surface area (Å²) < 4.78 is 27.0. The molecule has 1 N–H and O–H groups in total. The molecule has 0 heterocycles. The monoisotopic (exact) mass is 344 g/mol. The lowest BCUT2D eigenvalue weighted by molar-refractivity contribution is 0.241. The first-order chi connectivity index (χ1) is 10.1. The normalized spacial score (nSPS) is 12.4. The molecule has 0 unspecified atom stereocenters. The van der Waals surface area contributed by atoms with Crippen LogP contribution in [0, 0.1) is 16.7 Å². The van der Waals surface area contributed by atoms with Crippen LogP contribution in [-0.2, 0) is 10.0 Å². The van der Waals surface area contributed by atoms with Gasteiger partial charge < -0.3 is 5.11 Å². The van der Waals surface area contributed by atoms with Gasteiger partial charge in [0.2, 0.25) is 10.0 Å². The lowest BCUT2D eigenvalue weighted by Gasteiger charge is -2.29. The van der Waals surface area contributed by atoms with Crippen molar-refractivity contribution in [2.24, 2.45) is 5.41 Å². The third-order valence-corrected chi connectivity index (χ3v) is 5.03. The van der Waals surface area contributed by atoms with Crippen LogP contribution in [0.5, 0.6) is 0 Å². The Hall–Kier alpha value is -1.13. The zero-order chi connectivity index (χ0) is 17.0. The highest BCUT2D eigenvalue weighted by atomic mass is 35.5. The molecule has 0 saturated carbocycles. The second-order valence-electron chi connectivity index (χ2n) is 6.23. The van der Waals surface area contributed by atoms with Crippen molar-refractivity contribution in [2.75, 3.05) is 19.7 Å². The van der Waals surface area contributed by atoms with E-state index in [9.17, 15) is 8.42 Å². The van der Waals surface area contributed by atoms with E-state index in [1.165, 1.54) is 22.5 Å². The molecule has 1 rings (SSSR count). The molecule has 1 aromatic rings. The number of aliphatic hydroxyl groups excluding tert-OH is 1. The van der Waals surface area contributed by atoms with Crippen molar-refractivity contribution >= 4 is 21.6 Å². The number of sulfonamides is 1. The van der Waals surface area contributed by atoms with Gasteiger partial charge in [-0.15, -0.1) is 0 Å². The van der Waals surface area contributed by atoms with Crippen molar-refractivity contribution < 1.29 is 13.5 Å². The van der Waals surface area contributed by atoms with E-state index in [0.29, 0.717) is 18.0 Å². The summed E-state index contributed by atoms with van der Waals surface area (Å²) in [6.07, 6.45) is 0.338. The number of rotatable bonds is 6. The highest BCUT2D eigenvalue weighted by Gasteiger charge is 2.30. The molecule has 7 heteroatoms. The Morgan fingerprint density at radius 1 is 1.36 bits per heavy atom. The topological polar surface area (TPSA) is 81.4 Å². The third kappa shape index (κ3) is 4.96. The molecule has 0 aliphatic rings. The summed E-state index contributed by atoms with van der Waals surface area (Å²) >= 11 is 5.82. The van der Waals surface area contributed by atoms with Crippen LogP contribution in [-0.4, -0.2) is 37.5 Å². The van der Waals surface area contributed by atoms with E-state index in [-0.39, 0.29) is 29.0 Å². The lowest BCUT2D eigenvalue weighted by Crippen LogP contribution is -2.39. The molecule has 0 aliphatic heterocycles. The molecule has 122 valence electrons. The third-order valence-electron chi connectivity index (χ3n) is 2.90. The molecule has 0 aliphatic carbocycles. The average Bonchev–Trinajstić information content (AvgIpc) is 2.41. The summed E-state index contributed by atoms with van der Waals surface area (Å²) in [5.41, 5.74) is -0.225. The van der Waals surface area contributed by atoms with E-state index in [4.69, 9.17) is 22.0 Å². The molecule has 0 radical (unpaired) electrons. The molecule has 0 amide bonds. The Bertz CT molecular complexity index is 660. The van der Waals surface area contributed by atoms with Crippen LogP contribution in [0.15, 0.2) is 23.1 Å². The first-order valence-corrected chi connectivity index (χ1v) is 8.74. The Morgan fingerprint density at radius 2 is 2.00 bits per heavy atom. The largest absolute Gasteiger partial charge is 0.396 e. The first kappa shape index (κ1) is 18.9. The summed E-state index contributed by atoms with van der Waals surface area (Å²) in [6, 6.07) is 6.03. The molecule has 0 aromatic heterocycles. The van der Waals surface area contributed by atoms with Gasteiger partial charge in [0.15, 0.2) is 0 Å². The van der Waals surface area contributed by atoms with Crippen molar-refractivity contribution in [3.63, 3.8) is 0 Å². The second kappa shape index (κ2) is 7.42. The van der Waals surface area contributed by atoms with Gasteiger partial charge in [0, 0.05) is 24.7 Å². The summed E-state index contributed by atoms with van der Waals surface area (Å²) in [5, 5.41) is 18.5. The predicted molar refractivity (Wildman–Crippen MR) is 86.1 cm³/mol. The molecular weight excluding hydrogens is 324 g/mol. The fourth-order valence-electron chi connectivity index (χ4n) is 2.01. The highest BCUT2D eigenvalue weighted by Crippen LogP contribution is 2.26. The van der Waals surface area contributed by atoms with E-state index < -0.39 is 10.0 Å². The van der Waals surface area contributed by atoms with Crippen LogP contribution >= 0.6 is 11.6 Å². The maximum absolute atomic E-state index is 12.9. The van der Waals surface area contributed by atoms with E-state index in [1.807, 2.05) is 26.8 Å². The van der Waals surface area contributed by atoms with Gasteiger partial charge in [-0.1, -0.05) is 32.4 Å². The quantitative estimate of drug-likeness (QED) is 0.860. The van der Waals surface area contributed by atoms with Crippen molar-refractivity contribution in [1.82, 2.24) is 4.31 Å². The lowest BCUT2D eigenvalue weighted by atomic mass is 9.97. The molecule has 22 heavy (non-hydrogen) atoms. The number of halogens is 1. The summed E-state index contributed by atoms with van der Waals surface area (Å²) in [5.74, 6) is 0. The molecule has 0 saturated heterocycles. The van der Waals surface area contributed by atoms with Crippen LogP contribution in [0.2, 0.25) is 5.02 Å². The number of aliphatic hydroxyl groups is 1. The summed E-state index contributed by atoms with van der Waals surface area (Å²) in [6.45, 7) is 6.19. The van der Waals surface area contributed by atoms with Crippen LogP contribution < -0.4 is 0 Å². The van der Waals surface area contributed by atoms with Crippen LogP contribution in [0.1, 0.15) is 32.8 Å². The minimum absolute atomic E-state index is 0.0235. The van der Waals surface area contributed by atoms with Crippen LogP contribution in [0.4, 0.5) is 0 Å². The molecule has 0 fully saturated rings. The zero-order valence-corrected chi connectivity index (χ0v) is 14.6. The van der Waals surface area contributed by atoms with Crippen molar-refractivity contribution in [2.45, 2.75) is 32.1 Å². The Labute approximate surface area is 137 Å². The van der Waals surface area contributed by atoms with E-state index in [0.717, 1.165) is 0 Å². The van der Waals surface area contributed by atoms with Gasteiger partial charge in [-0.25, -0.2) is 8.42 Å². The molecule has 0 spiro atoms. The van der Waals surface area contributed by atoms with Gasteiger partial charge in [-0.3, -0.25) is 0 Å². The minimum atomic E-state index is -3.82. The molecule has 0 atom stereocenters. The Kier molecular flexibility index (Phi) is 6.38. The standard InChI is InChI=1S/C15H21ClN2O3S/c1-15(2,3)11-18(7-4-8-19)22(20,21)14-6-5-13(16)9-12(14)10-17/h5-6,9,19H,4,7-8,11H2,1-3H3. The van der Waals surface area contributed by atoms with Crippen LogP contribution in [0.3, 0.4) is 0 Å². The van der Waals surface area contributed by atoms with Gasteiger partial charge in [0.05, 0.1) is 5.56 Å². The smallest absolute Gasteiger partial charge is 0.244 e. The zero-order valence-electron chi connectivity index (χ0n) is 13.0. The number of hydrogen-bond acceptors (Lipinski definition) is 4. The number of hydrogen-bond donors (Lipinski definition) is 1. The van der Waals surface area contributed by atoms with E-state index in [2.05, 4.69) is 0 Å². The average molecular weight is 345 g/mol. The number of nitrogens with zero attached hydrogens (tertiary/aromatic N) is 2. The minimum Gasteiger partial charge on any atom is -0.396 e. The first-order valence-electron chi connectivity index (χ1n) is 6.92. The summed E-state index contributed by atoms with van der Waals surface area (Å²) in [7, 11) is -3.82. The molecule has 5 nitrogen and oxygen atoms in total. The van der Waals surface area contributed by atoms with Gasteiger partial charge in [0.25, 0.3) is 0 Å². The maximum Gasteiger partial charge on any atom is 0.244 e. The maximum atomic E-state index is 12.9. The molecule has 1 aromatic carbocycles. The van der Waals surface area contributed by atoms with Gasteiger partial charge >= 0.3 is 0 Å². The van der Waals surface area contributed by atoms with Crippen molar-refractivity contribution in [1.29, 1.82) is 5.26 Å². The number of benzene rings is 1. The molecular formula is C15H21ClN2O3S. The van der Waals surface area contributed by atoms with Gasteiger partial charge in [-0.2, -0.15) is 9.57 Å². The van der Waals surface area contributed by atoms with Crippen molar-refractivity contribution in [3.8, 4) is 6.07 Å². The Balaban J connectivity index is 3.30. The van der Waals surface area contributed by atoms with Crippen LogP contribution in [0.25, 0.3) is 0 Å². The Morgan fingerprint density at radius 3 is 2.50 bits per heavy atom. The number of nitriles is 1. The fourth-order valence-corrected chi connectivity index (χ4v) is 4.01. The predicted octanol–water partition coefficient (Wildman–Crippen LogP) is 2.63. The van der Waals surface area contributed by atoms with Gasteiger partial charge in [0.1, 0.15) is 11.0 Å². The fraction of sp³-hybridized carbons (Fsp3) is 0.533. The summed E-state index contributed by atoms with van der Waals surface area (Å²) in [4.78, 5) is -0.0541. The van der Waals surface area contributed by atoms with Gasteiger partial charge in [-0.05, 0) is 30.0 Å². The second-order valence-corrected chi connectivity index (χ2v) is 8.57. The highest BCUT2D eigenvalue weighted by molar-refractivity contribution is 7.89.